The van der Waals surface area contributed by atoms with Crippen LogP contribution in [-0.2, 0) is 10.0 Å². The summed E-state index contributed by atoms with van der Waals surface area (Å²) in [4.78, 5) is 0.267. The summed E-state index contributed by atoms with van der Waals surface area (Å²) in [7, 11) is -2.05. The molecule has 1 heterocycles. The lowest BCUT2D eigenvalue weighted by Crippen LogP contribution is -2.56. The summed E-state index contributed by atoms with van der Waals surface area (Å²) in [6, 6.07) is 3.70. The van der Waals surface area contributed by atoms with E-state index in [1.165, 1.54) is 7.11 Å². The Bertz CT molecular complexity index is 628. The highest BCUT2D eigenvalue weighted by Gasteiger charge is 2.35. The predicted molar refractivity (Wildman–Crippen MR) is 83.3 cm³/mol. The van der Waals surface area contributed by atoms with Gasteiger partial charge in [0.1, 0.15) is 10.6 Å². The van der Waals surface area contributed by atoms with E-state index in [1.807, 2.05) is 33.8 Å². The van der Waals surface area contributed by atoms with E-state index in [2.05, 4.69) is 5.32 Å². The van der Waals surface area contributed by atoms with E-state index in [4.69, 9.17) is 4.74 Å². The number of hydrogen-bond donors (Lipinski definition) is 1. The van der Waals surface area contributed by atoms with Crippen molar-refractivity contribution in [1.82, 2.24) is 9.62 Å². The van der Waals surface area contributed by atoms with Crippen molar-refractivity contribution in [3.63, 3.8) is 0 Å². The first-order valence-corrected chi connectivity index (χ1v) is 8.62. The Hall–Kier alpha value is -1.11. The Morgan fingerprint density at radius 1 is 1.29 bits per heavy atom. The van der Waals surface area contributed by atoms with Crippen molar-refractivity contribution in [2.75, 3.05) is 20.2 Å². The second kappa shape index (κ2) is 5.94. The van der Waals surface area contributed by atoms with Crippen LogP contribution in [0.1, 0.15) is 25.0 Å². The van der Waals surface area contributed by atoms with E-state index in [0.717, 1.165) is 11.1 Å². The summed E-state index contributed by atoms with van der Waals surface area (Å²) >= 11 is 0. The minimum Gasteiger partial charge on any atom is -0.495 e. The van der Waals surface area contributed by atoms with Gasteiger partial charge in [-0.2, -0.15) is 4.31 Å². The van der Waals surface area contributed by atoms with E-state index in [1.54, 1.807) is 10.4 Å². The zero-order chi connectivity index (χ0) is 15.8. The first-order valence-electron chi connectivity index (χ1n) is 7.17. The number of nitrogens with zero attached hydrogens (tertiary/aromatic N) is 1. The topological polar surface area (TPSA) is 58.6 Å². The Morgan fingerprint density at radius 3 is 2.57 bits per heavy atom. The number of benzene rings is 1. The molecular formula is C15H24N2O3S. The van der Waals surface area contributed by atoms with Crippen molar-refractivity contribution in [3.8, 4) is 5.75 Å². The molecule has 0 saturated carbocycles. The fourth-order valence-corrected chi connectivity index (χ4v) is 4.85. The monoisotopic (exact) mass is 312 g/mol. The lowest BCUT2D eigenvalue weighted by Gasteiger charge is -2.36. The minimum atomic E-state index is -3.56. The lowest BCUT2D eigenvalue weighted by atomic mass is 10.1. The fraction of sp³-hybridized carbons (Fsp3) is 0.600. The number of rotatable bonds is 3. The molecule has 1 saturated heterocycles. The SMILES string of the molecule is COc1c(C)cc(C)cc1S(=O)(=O)N1CC(C)NCC1C. The van der Waals surface area contributed by atoms with Gasteiger partial charge in [0.15, 0.2) is 0 Å². The molecule has 2 rings (SSSR count). The van der Waals surface area contributed by atoms with Gasteiger partial charge in [0.2, 0.25) is 10.0 Å². The zero-order valence-corrected chi connectivity index (χ0v) is 14.1. The Kier molecular flexibility index (Phi) is 4.60. The fourth-order valence-electron chi connectivity index (χ4n) is 2.82. The summed E-state index contributed by atoms with van der Waals surface area (Å²) < 4.78 is 33.0. The standard InChI is InChI=1S/C15H24N2O3S/c1-10-6-11(2)15(20-5)14(7-10)21(18,19)17-9-12(3)16-8-13(17)4/h6-7,12-13,16H,8-9H2,1-5H3. The zero-order valence-electron chi connectivity index (χ0n) is 13.3. The largest absolute Gasteiger partial charge is 0.495 e. The maximum Gasteiger partial charge on any atom is 0.247 e. The number of methoxy groups -OCH3 is 1. The third-order valence-electron chi connectivity index (χ3n) is 3.88. The second-order valence-corrected chi connectivity index (χ2v) is 7.71. The van der Waals surface area contributed by atoms with Crippen LogP contribution >= 0.6 is 0 Å². The summed E-state index contributed by atoms with van der Waals surface area (Å²) in [5.74, 6) is 0.444. The number of nitrogens with one attached hydrogen (secondary N) is 1. The molecule has 1 aromatic rings. The van der Waals surface area contributed by atoms with Crippen LogP contribution in [0.15, 0.2) is 17.0 Å². The second-order valence-electron chi connectivity index (χ2n) is 5.85. The van der Waals surface area contributed by atoms with Gasteiger partial charge in [-0.3, -0.25) is 0 Å². The van der Waals surface area contributed by atoms with Crippen LogP contribution in [0.2, 0.25) is 0 Å². The third-order valence-corrected chi connectivity index (χ3v) is 5.87. The van der Waals surface area contributed by atoms with Gasteiger partial charge in [-0.25, -0.2) is 8.42 Å². The van der Waals surface area contributed by atoms with Crippen molar-refractivity contribution < 1.29 is 13.2 Å². The highest BCUT2D eigenvalue weighted by Crippen LogP contribution is 2.32. The third kappa shape index (κ3) is 3.07. The molecule has 0 spiro atoms. The molecule has 1 aromatic carbocycles. The summed E-state index contributed by atoms with van der Waals surface area (Å²) in [5, 5.41) is 3.30. The van der Waals surface area contributed by atoms with E-state index >= 15 is 0 Å². The molecule has 118 valence electrons. The molecule has 0 aliphatic carbocycles. The molecule has 0 radical (unpaired) electrons. The average molecular weight is 312 g/mol. The number of sulfonamides is 1. The molecule has 0 aromatic heterocycles. The van der Waals surface area contributed by atoms with Crippen molar-refractivity contribution in [1.29, 1.82) is 0 Å². The number of hydrogen-bond acceptors (Lipinski definition) is 4. The van der Waals surface area contributed by atoms with Gasteiger partial charge >= 0.3 is 0 Å². The van der Waals surface area contributed by atoms with Gasteiger partial charge in [-0.1, -0.05) is 6.07 Å². The molecule has 0 amide bonds. The maximum absolute atomic E-state index is 13.0. The van der Waals surface area contributed by atoms with Gasteiger partial charge < -0.3 is 10.1 Å². The highest BCUT2D eigenvalue weighted by atomic mass is 32.2. The molecule has 5 nitrogen and oxygen atoms in total. The Balaban J connectivity index is 2.53. The van der Waals surface area contributed by atoms with Crippen LogP contribution in [0.25, 0.3) is 0 Å². The van der Waals surface area contributed by atoms with Gasteiger partial charge in [0.25, 0.3) is 0 Å². The van der Waals surface area contributed by atoms with Gasteiger partial charge in [0, 0.05) is 25.2 Å². The highest BCUT2D eigenvalue weighted by molar-refractivity contribution is 7.89. The molecule has 1 aliphatic rings. The molecule has 2 atom stereocenters. The molecule has 1 N–H and O–H groups in total. The first-order chi connectivity index (χ1) is 9.77. The van der Waals surface area contributed by atoms with Crippen LogP contribution in [-0.4, -0.2) is 45.0 Å². The Morgan fingerprint density at radius 2 is 1.95 bits per heavy atom. The minimum absolute atomic E-state index is 0.0725. The molecular weight excluding hydrogens is 288 g/mol. The van der Waals surface area contributed by atoms with Crippen molar-refractivity contribution in [2.45, 2.75) is 44.7 Å². The summed E-state index contributed by atoms with van der Waals surface area (Å²) in [6.07, 6.45) is 0. The maximum atomic E-state index is 13.0. The van der Waals surface area contributed by atoms with Crippen molar-refractivity contribution in [2.24, 2.45) is 0 Å². The molecule has 6 heteroatoms. The Labute approximate surface area is 127 Å². The quantitative estimate of drug-likeness (QED) is 0.922. The predicted octanol–water partition coefficient (Wildman–Crippen LogP) is 1.68. The molecule has 21 heavy (non-hydrogen) atoms. The van der Waals surface area contributed by atoms with Crippen molar-refractivity contribution in [3.05, 3.63) is 23.3 Å². The molecule has 1 aliphatic heterocycles. The van der Waals surface area contributed by atoms with Crippen LogP contribution < -0.4 is 10.1 Å². The van der Waals surface area contributed by atoms with E-state index in [0.29, 0.717) is 18.8 Å². The number of ether oxygens (including phenoxy) is 1. The first kappa shape index (κ1) is 16.3. The van der Waals surface area contributed by atoms with Crippen LogP contribution in [0.5, 0.6) is 5.75 Å². The molecule has 0 bridgehead atoms. The van der Waals surface area contributed by atoms with Crippen LogP contribution in [0.4, 0.5) is 0 Å². The number of piperazine rings is 1. The van der Waals surface area contributed by atoms with E-state index in [9.17, 15) is 8.42 Å². The van der Waals surface area contributed by atoms with E-state index in [-0.39, 0.29) is 17.0 Å². The van der Waals surface area contributed by atoms with Crippen molar-refractivity contribution >= 4 is 10.0 Å². The van der Waals surface area contributed by atoms with E-state index < -0.39 is 10.0 Å². The normalized spacial score (nSPS) is 24.0. The number of aryl methyl sites for hydroxylation is 2. The smallest absolute Gasteiger partial charge is 0.247 e. The molecule has 2 unspecified atom stereocenters. The van der Waals surface area contributed by atoms with Gasteiger partial charge in [-0.05, 0) is 44.9 Å². The van der Waals surface area contributed by atoms with Crippen LogP contribution in [0, 0.1) is 13.8 Å². The molecule has 1 fully saturated rings. The van der Waals surface area contributed by atoms with Gasteiger partial charge in [-0.15, -0.1) is 0 Å². The summed E-state index contributed by atoms with van der Waals surface area (Å²) in [5.41, 5.74) is 1.76. The summed E-state index contributed by atoms with van der Waals surface area (Å²) in [6.45, 7) is 8.82. The lowest BCUT2D eigenvalue weighted by molar-refractivity contribution is 0.244. The van der Waals surface area contributed by atoms with Gasteiger partial charge in [0.05, 0.1) is 7.11 Å². The average Bonchev–Trinajstić information content (AvgIpc) is 2.40. The van der Waals surface area contributed by atoms with Crippen LogP contribution in [0.3, 0.4) is 0 Å².